The second-order valence-corrected chi connectivity index (χ2v) is 6.45. The first-order valence-corrected chi connectivity index (χ1v) is 8.98. The number of hydrogen-bond donors (Lipinski definition) is 3. The molecular weight excluding hydrogens is 364 g/mol. The summed E-state index contributed by atoms with van der Waals surface area (Å²) in [6, 6.07) is 6.99. The summed E-state index contributed by atoms with van der Waals surface area (Å²) in [7, 11) is 0. The number of esters is 1. The van der Waals surface area contributed by atoms with E-state index in [0.717, 1.165) is 25.7 Å². The zero-order valence-electron chi connectivity index (χ0n) is 15.5. The fourth-order valence-electron chi connectivity index (χ4n) is 2.75. The number of carbonyl (C=O) groups is 4. The Morgan fingerprint density at radius 3 is 2.43 bits per heavy atom. The predicted molar refractivity (Wildman–Crippen MR) is 99.1 cm³/mol. The predicted octanol–water partition coefficient (Wildman–Crippen LogP) is 1.85. The first-order chi connectivity index (χ1) is 13.4. The number of imide groups is 1. The minimum atomic E-state index is -1.16. The van der Waals surface area contributed by atoms with E-state index < -0.39 is 29.9 Å². The molecule has 1 aliphatic carbocycles. The minimum absolute atomic E-state index is 0.0674. The molecule has 0 aliphatic heterocycles. The van der Waals surface area contributed by atoms with E-state index in [0.29, 0.717) is 5.69 Å². The van der Waals surface area contributed by atoms with Crippen LogP contribution in [0.5, 0.6) is 0 Å². The standard InChI is InChI=1S/C19H22N4O5/c1-12(17(25)23-19(27)22-14-4-2-3-5-14)28-18(26)13-6-8-15(9-7-13)21-16(24)10-11-20/h6-9,12,14H,2-5,10H2,1H3,(H,21,24)(H2,22,23,25,27). The summed E-state index contributed by atoms with van der Waals surface area (Å²) in [5, 5.41) is 15.8. The van der Waals surface area contributed by atoms with Crippen molar-refractivity contribution in [1.82, 2.24) is 10.6 Å². The van der Waals surface area contributed by atoms with Crippen molar-refractivity contribution in [3.63, 3.8) is 0 Å². The van der Waals surface area contributed by atoms with Gasteiger partial charge in [-0.05, 0) is 44.0 Å². The van der Waals surface area contributed by atoms with Gasteiger partial charge >= 0.3 is 12.0 Å². The highest BCUT2D eigenvalue weighted by molar-refractivity contribution is 5.99. The number of benzene rings is 1. The van der Waals surface area contributed by atoms with E-state index in [1.165, 1.54) is 31.2 Å². The van der Waals surface area contributed by atoms with Crippen LogP contribution >= 0.6 is 0 Å². The van der Waals surface area contributed by atoms with Crippen LogP contribution in [0.25, 0.3) is 0 Å². The Morgan fingerprint density at radius 1 is 1.18 bits per heavy atom. The SMILES string of the molecule is CC(OC(=O)c1ccc(NC(=O)CC#N)cc1)C(=O)NC(=O)NC1CCCC1. The first-order valence-electron chi connectivity index (χ1n) is 8.98. The van der Waals surface area contributed by atoms with Crippen molar-refractivity contribution in [3.05, 3.63) is 29.8 Å². The van der Waals surface area contributed by atoms with Crippen LogP contribution in [-0.4, -0.2) is 36.0 Å². The average Bonchev–Trinajstić information content (AvgIpc) is 3.15. The highest BCUT2D eigenvalue weighted by Gasteiger charge is 2.23. The fourth-order valence-corrected chi connectivity index (χ4v) is 2.75. The van der Waals surface area contributed by atoms with Gasteiger partial charge in [-0.1, -0.05) is 12.8 Å². The van der Waals surface area contributed by atoms with Crippen molar-refractivity contribution in [1.29, 1.82) is 5.26 Å². The Labute approximate surface area is 162 Å². The summed E-state index contributed by atoms with van der Waals surface area (Å²) in [5.74, 6) is -1.92. The monoisotopic (exact) mass is 386 g/mol. The molecule has 0 spiro atoms. The van der Waals surface area contributed by atoms with E-state index in [9.17, 15) is 19.2 Å². The molecule has 0 bridgehead atoms. The minimum Gasteiger partial charge on any atom is -0.449 e. The molecular formula is C19H22N4O5. The molecule has 0 saturated heterocycles. The summed E-state index contributed by atoms with van der Waals surface area (Å²) >= 11 is 0. The zero-order chi connectivity index (χ0) is 20.5. The molecule has 4 amide bonds. The van der Waals surface area contributed by atoms with Gasteiger partial charge in [-0.3, -0.25) is 14.9 Å². The van der Waals surface area contributed by atoms with Gasteiger partial charge in [0.05, 0.1) is 11.6 Å². The highest BCUT2D eigenvalue weighted by atomic mass is 16.5. The van der Waals surface area contributed by atoms with E-state index in [4.69, 9.17) is 10.00 Å². The van der Waals surface area contributed by atoms with Gasteiger partial charge < -0.3 is 15.4 Å². The zero-order valence-corrected chi connectivity index (χ0v) is 15.5. The summed E-state index contributed by atoms with van der Waals surface area (Å²) < 4.78 is 5.07. The molecule has 1 atom stereocenters. The molecule has 1 saturated carbocycles. The molecule has 9 heteroatoms. The normalized spacial score (nSPS) is 14.4. The smallest absolute Gasteiger partial charge is 0.338 e. The molecule has 148 valence electrons. The van der Waals surface area contributed by atoms with Gasteiger partial charge in [0.15, 0.2) is 6.10 Å². The number of ether oxygens (including phenoxy) is 1. The van der Waals surface area contributed by atoms with Gasteiger partial charge in [0.2, 0.25) is 5.91 Å². The van der Waals surface area contributed by atoms with Crippen molar-refractivity contribution in [2.24, 2.45) is 0 Å². The number of nitrogens with zero attached hydrogens (tertiary/aromatic N) is 1. The maximum absolute atomic E-state index is 12.1. The summed E-state index contributed by atoms with van der Waals surface area (Å²) in [6.45, 7) is 1.37. The number of anilines is 1. The van der Waals surface area contributed by atoms with Crippen LogP contribution in [0.4, 0.5) is 10.5 Å². The molecule has 1 aromatic rings. The number of urea groups is 1. The summed E-state index contributed by atoms with van der Waals surface area (Å²) in [4.78, 5) is 47.3. The van der Waals surface area contributed by atoms with Crippen molar-refractivity contribution in [3.8, 4) is 6.07 Å². The van der Waals surface area contributed by atoms with Crippen molar-refractivity contribution in [2.75, 3.05) is 5.32 Å². The second-order valence-electron chi connectivity index (χ2n) is 6.45. The van der Waals surface area contributed by atoms with E-state index >= 15 is 0 Å². The lowest BCUT2D eigenvalue weighted by Crippen LogP contribution is -2.47. The van der Waals surface area contributed by atoms with Gasteiger partial charge in [-0.2, -0.15) is 5.26 Å². The lowest BCUT2D eigenvalue weighted by molar-refractivity contribution is -0.128. The largest absolute Gasteiger partial charge is 0.449 e. The number of hydrogen-bond acceptors (Lipinski definition) is 6. The van der Waals surface area contributed by atoms with Crippen LogP contribution in [0.15, 0.2) is 24.3 Å². The quantitative estimate of drug-likeness (QED) is 0.638. The Hall–Kier alpha value is -3.41. The lowest BCUT2D eigenvalue weighted by Gasteiger charge is -2.15. The van der Waals surface area contributed by atoms with Crippen molar-refractivity contribution < 1.29 is 23.9 Å². The maximum atomic E-state index is 12.1. The van der Waals surface area contributed by atoms with Crippen LogP contribution in [0.3, 0.4) is 0 Å². The van der Waals surface area contributed by atoms with E-state index in [1.807, 2.05) is 0 Å². The molecule has 1 aliphatic rings. The molecule has 0 radical (unpaired) electrons. The summed E-state index contributed by atoms with van der Waals surface area (Å²) in [6.07, 6.45) is 2.45. The number of nitriles is 1. The third-order valence-corrected chi connectivity index (χ3v) is 4.22. The Bertz CT molecular complexity index is 779. The van der Waals surface area contributed by atoms with Gasteiger partial charge in [-0.25, -0.2) is 9.59 Å². The molecule has 1 unspecified atom stereocenters. The Morgan fingerprint density at radius 2 is 1.82 bits per heavy atom. The molecule has 1 aromatic carbocycles. The highest BCUT2D eigenvalue weighted by Crippen LogP contribution is 2.17. The number of rotatable bonds is 6. The van der Waals surface area contributed by atoms with Crippen LogP contribution in [0.2, 0.25) is 0 Å². The van der Waals surface area contributed by atoms with E-state index in [-0.39, 0.29) is 18.0 Å². The molecule has 9 nitrogen and oxygen atoms in total. The number of carbonyl (C=O) groups excluding carboxylic acids is 4. The number of nitrogens with one attached hydrogen (secondary N) is 3. The van der Waals surface area contributed by atoms with Gasteiger partial charge in [0, 0.05) is 11.7 Å². The van der Waals surface area contributed by atoms with Crippen molar-refractivity contribution >= 4 is 29.5 Å². The summed E-state index contributed by atoms with van der Waals surface area (Å²) in [5.41, 5.74) is 0.597. The molecule has 0 heterocycles. The molecule has 3 N–H and O–H groups in total. The van der Waals surface area contributed by atoms with Gasteiger partial charge in [-0.15, -0.1) is 0 Å². The van der Waals surface area contributed by atoms with Crippen LogP contribution in [-0.2, 0) is 14.3 Å². The topological polar surface area (TPSA) is 137 Å². The molecule has 28 heavy (non-hydrogen) atoms. The fraction of sp³-hybridized carbons (Fsp3) is 0.421. The van der Waals surface area contributed by atoms with E-state index in [1.54, 1.807) is 6.07 Å². The molecule has 2 rings (SSSR count). The number of amides is 4. The van der Waals surface area contributed by atoms with Crippen LogP contribution in [0, 0.1) is 11.3 Å². The van der Waals surface area contributed by atoms with Crippen molar-refractivity contribution in [2.45, 2.75) is 51.2 Å². The third kappa shape index (κ3) is 6.39. The molecule has 1 fully saturated rings. The average molecular weight is 386 g/mol. The van der Waals surface area contributed by atoms with Gasteiger partial charge in [0.1, 0.15) is 6.42 Å². The third-order valence-electron chi connectivity index (χ3n) is 4.22. The van der Waals surface area contributed by atoms with Gasteiger partial charge in [0.25, 0.3) is 5.91 Å². The molecule has 0 aromatic heterocycles. The second kappa shape index (κ2) is 10.1. The van der Waals surface area contributed by atoms with E-state index in [2.05, 4.69) is 16.0 Å². The Kier molecular flexibility index (Phi) is 7.51. The van der Waals surface area contributed by atoms with Crippen LogP contribution < -0.4 is 16.0 Å². The lowest BCUT2D eigenvalue weighted by atomic mass is 10.2. The maximum Gasteiger partial charge on any atom is 0.338 e. The Balaban J connectivity index is 1.82. The van der Waals surface area contributed by atoms with Crippen LogP contribution in [0.1, 0.15) is 49.4 Å². The first kappa shape index (κ1) is 20.9.